The van der Waals surface area contributed by atoms with Gasteiger partial charge in [-0.3, -0.25) is 4.79 Å². The Labute approximate surface area is 150 Å². The number of amides is 1. The Bertz CT molecular complexity index is 1000. The number of H-pyrrole nitrogens is 1. The first-order valence-electron chi connectivity index (χ1n) is 8.42. The average Bonchev–Trinajstić information content (AvgIpc) is 3.28. The third kappa shape index (κ3) is 3.35. The summed E-state index contributed by atoms with van der Waals surface area (Å²) >= 11 is 0. The molecule has 4 rings (SSSR count). The zero-order chi connectivity index (χ0) is 17.9. The highest BCUT2D eigenvalue weighted by Gasteiger charge is 2.21. The number of nitrogens with zero attached hydrogens (tertiary/aromatic N) is 2. The Kier molecular flexibility index (Phi) is 4.23. The van der Waals surface area contributed by atoms with Crippen LogP contribution in [0.5, 0.6) is 0 Å². The Balaban J connectivity index is 1.65. The fourth-order valence-corrected chi connectivity index (χ4v) is 2.91. The molecule has 0 aliphatic carbocycles. The first-order valence-corrected chi connectivity index (χ1v) is 8.42. The molecular weight excluding hydrogens is 328 g/mol. The number of hydrogen-bond acceptors (Lipinski definition) is 4. The van der Waals surface area contributed by atoms with Crippen molar-refractivity contribution >= 4 is 16.9 Å². The van der Waals surface area contributed by atoms with Crippen molar-refractivity contribution in [1.29, 1.82) is 0 Å². The lowest BCUT2D eigenvalue weighted by molar-refractivity contribution is 0.0925. The van der Waals surface area contributed by atoms with E-state index in [1.165, 1.54) is 0 Å². The van der Waals surface area contributed by atoms with Crippen LogP contribution in [0.25, 0.3) is 11.0 Å². The van der Waals surface area contributed by atoms with Gasteiger partial charge in [0.1, 0.15) is 11.6 Å². The number of benzene rings is 2. The van der Waals surface area contributed by atoms with E-state index >= 15 is 0 Å². The molecule has 4 aromatic rings. The fraction of sp³-hybridized carbons (Fsp3) is 0.150. The highest BCUT2D eigenvalue weighted by molar-refractivity contribution is 5.92. The monoisotopic (exact) mass is 346 g/mol. The number of nitrogens with one attached hydrogen (secondary N) is 2. The van der Waals surface area contributed by atoms with E-state index in [1.54, 1.807) is 13.0 Å². The van der Waals surface area contributed by atoms with Crippen LogP contribution >= 0.6 is 0 Å². The second kappa shape index (κ2) is 6.84. The molecule has 0 bridgehead atoms. The largest absolute Gasteiger partial charge is 0.361 e. The molecular formula is C20H18N4O2. The van der Waals surface area contributed by atoms with Crippen molar-refractivity contribution < 1.29 is 9.32 Å². The molecule has 0 spiro atoms. The molecule has 0 unspecified atom stereocenters. The highest BCUT2D eigenvalue weighted by atomic mass is 16.5. The van der Waals surface area contributed by atoms with Crippen LogP contribution in [-0.2, 0) is 6.42 Å². The third-order valence-corrected chi connectivity index (χ3v) is 4.19. The molecule has 6 heteroatoms. The van der Waals surface area contributed by atoms with Crippen molar-refractivity contribution in [1.82, 2.24) is 20.4 Å². The van der Waals surface area contributed by atoms with Gasteiger partial charge in [0.05, 0.1) is 17.1 Å². The maximum absolute atomic E-state index is 12.6. The third-order valence-electron chi connectivity index (χ3n) is 4.19. The van der Waals surface area contributed by atoms with E-state index in [2.05, 4.69) is 20.4 Å². The van der Waals surface area contributed by atoms with Gasteiger partial charge in [0.2, 0.25) is 0 Å². The summed E-state index contributed by atoms with van der Waals surface area (Å²) < 4.78 is 5.00. The van der Waals surface area contributed by atoms with Crippen LogP contribution in [0.4, 0.5) is 0 Å². The predicted octanol–water partition coefficient (Wildman–Crippen LogP) is 3.57. The molecule has 6 nitrogen and oxygen atoms in total. The van der Waals surface area contributed by atoms with Gasteiger partial charge in [-0.15, -0.1) is 0 Å². The predicted molar refractivity (Wildman–Crippen MR) is 97.7 cm³/mol. The maximum atomic E-state index is 12.6. The highest BCUT2D eigenvalue weighted by Crippen LogP contribution is 2.20. The summed E-state index contributed by atoms with van der Waals surface area (Å²) in [5.74, 6) is 1.02. The first-order chi connectivity index (χ1) is 12.7. The minimum Gasteiger partial charge on any atom is -0.361 e. The summed E-state index contributed by atoms with van der Waals surface area (Å²) in [6, 6.07) is 19.1. The number of hydrogen-bond donors (Lipinski definition) is 2. The van der Waals surface area contributed by atoms with E-state index in [0.29, 0.717) is 18.0 Å². The molecule has 2 aromatic carbocycles. The Hall–Kier alpha value is -3.41. The van der Waals surface area contributed by atoms with Crippen LogP contribution in [-0.4, -0.2) is 21.0 Å². The van der Waals surface area contributed by atoms with E-state index in [9.17, 15) is 4.79 Å². The Morgan fingerprint density at radius 2 is 1.92 bits per heavy atom. The average molecular weight is 346 g/mol. The van der Waals surface area contributed by atoms with E-state index in [-0.39, 0.29) is 17.6 Å². The molecule has 130 valence electrons. The molecule has 0 aliphatic rings. The lowest BCUT2D eigenvalue weighted by Gasteiger charge is -2.16. The van der Waals surface area contributed by atoms with E-state index in [1.807, 2.05) is 54.6 Å². The summed E-state index contributed by atoms with van der Waals surface area (Å²) in [5, 5.41) is 6.81. The van der Waals surface area contributed by atoms with Crippen molar-refractivity contribution in [2.75, 3.05) is 0 Å². The van der Waals surface area contributed by atoms with Gasteiger partial charge in [-0.05, 0) is 31.0 Å². The molecule has 0 radical (unpaired) electrons. The van der Waals surface area contributed by atoms with E-state index in [0.717, 1.165) is 16.6 Å². The number of aromatic amines is 1. The number of aryl methyl sites for hydroxylation is 1. The van der Waals surface area contributed by atoms with Crippen LogP contribution in [0.3, 0.4) is 0 Å². The molecule has 0 saturated carbocycles. The summed E-state index contributed by atoms with van der Waals surface area (Å²) in [7, 11) is 0. The van der Waals surface area contributed by atoms with Crippen LogP contribution in [0.15, 0.2) is 65.2 Å². The summed E-state index contributed by atoms with van der Waals surface area (Å²) in [4.78, 5) is 20.5. The standard InChI is InChI=1S/C20H18N4O2/c1-13-11-18(24-26-13)20(25)23-17(12-14-7-3-2-4-8-14)19-21-15-9-5-6-10-16(15)22-19/h2-11,17H,12H2,1H3,(H,21,22)(H,23,25)/t17-/m1/s1. The number of aromatic nitrogens is 3. The maximum Gasteiger partial charge on any atom is 0.274 e. The smallest absolute Gasteiger partial charge is 0.274 e. The SMILES string of the molecule is Cc1cc(C(=O)N[C@H](Cc2ccccc2)c2nc3ccccc3[nH]2)no1. The molecule has 0 saturated heterocycles. The van der Waals surface area contributed by atoms with Crippen molar-refractivity contribution in [3.63, 3.8) is 0 Å². The van der Waals surface area contributed by atoms with Crippen LogP contribution in [0, 0.1) is 6.92 Å². The molecule has 1 amide bonds. The summed E-state index contributed by atoms with van der Waals surface area (Å²) in [6.45, 7) is 1.75. The fourth-order valence-electron chi connectivity index (χ4n) is 2.91. The topological polar surface area (TPSA) is 83.8 Å². The van der Waals surface area contributed by atoms with Crippen molar-refractivity contribution in [3.8, 4) is 0 Å². The minimum absolute atomic E-state index is 0.261. The van der Waals surface area contributed by atoms with Gasteiger partial charge >= 0.3 is 0 Å². The molecule has 0 fully saturated rings. The van der Waals surface area contributed by atoms with Gasteiger partial charge in [0.15, 0.2) is 5.69 Å². The quantitative estimate of drug-likeness (QED) is 0.578. The second-order valence-corrected chi connectivity index (χ2v) is 6.18. The van der Waals surface area contributed by atoms with Gasteiger partial charge in [-0.1, -0.05) is 47.6 Å². The van der Waals surface area contributed by atoms with Gasteiger partial charge < -0.3 is 14.8 Å². The molecule has 2 N–H and O–H groups in total. The number of imidazole rings is 1. The summed E-state index contributed by atoms with van der Waals surface area (Å²) in [5.41, 5.74) is 3.17. The molecule has 0 aliphatic heterocycles. The lowest BCUT2D eigenvalue weighted by atomic mass is 10.1. The number of fused-ring (bicyclic) bond motifs is 1. The van der Waals surface area contributed by atoms with Gasteiger partial charge in [0, 0.05) is 6.07 Å². The van der Waals surface area contributed by atoms with Crippen molar-refractivity contribution in [2.45, 2.75) is 19.4 Å². The Morgan fingerprint density at radius 3 is 2.65 bits per heavy atom. The van der Waals surface area contributed by atoms with Crippen molar-refractivity contribution in [2.24, 2.45) is 0 Å². The number of carbonyl (C=O) groups excluding carboxylic acids is 1. The number of carbonyl (C=O) groups is 1. The van der Waals surface area contributed by atoms with Gasteiger partial charge in [-0.2, -0.15) is 0 Å². The molecule has 26 heavy (non-hydrogen) atoms. The molecule has 2 heterocycles. The number of rotatable bonds is 5. The van der Waals surface area contributed by atoms with Crippen molar-refractivity contribution in [3.05, 3.63) is 83.5 Å². The Morgan fingerprint density at radius 1 is 1.15 bits per heavy atom. The number of para-hydroxylation sites is 2. The van der Waals surface area contributed by atoms with E-state index in [4.69, 9.17) is 4.52 Å². The zero-order valence-electron chi connectivity index (χ0n) is 14.3. The minimum atomic E-state index is -0.311. The second-order valence-electron chi connectivity index (χ2n) is 6.18. The van der Waals surface area contributed by atoms with Gasteiger partial charge in [-0.25, -0.2) is 4.98 Å². The zero-order valence-corrected chi connectivity index (χ0v) is 14.3. The first kappa shape index (κ1) is 16.1. The molecule has 1 atom stereocenters. The lowest BCUT2D eigenvalue weighted by Crippen LogP contribution is -2.31. The van der Waals surface area contributed by atoms with Gasteiger partial charge in [0.25, 0.3) is 5.91 Å². The normalized spacial score (nSPS) is 12.2. The summed E-state index contributed by atoms with van der Waals surface area (Å²) in [6.07, 6.45) is 0.614. The van der Waals surface area contributed by atoms with Crippen LogP contribution < -0.4 is 5.32 Å². The van der Waals surface area contributed by atoms with Crippen LogP contribution in [0.1, 0.15) is 33.7 Å². The van der Waals surface area contributed by atoms with E-state index < -0.39 is 0 Å². The van der Waals surface area contributed by atoms with Crippen LogP contribution in [0.2, 0.25) is 0 Å². The molecule has 2 aromatic heterocycles.